The number of anilines is 1. The van der Waals surface area contributed by atoms with Crippen LogP contribution in [0.1, 0.15) is 17.3 Å². The summed E-state index contributed by atoms with van der Waals surface area (Å²) in [4.78, 5) is 24.5. The van der Waals surface area contributed by atoms with Crippen molar-refractivity contribution in [3.8, 4) is 16.9 Å². The summed E-state index contributed by atoms with van der Waals surface area (Å²) in [5, 5.41) is 11.9. The highest BCUT2D eigenvalue weighted by atomic mass is 35.5. The first kappa shape index (κ1) is 20.4. The molecule has 2 N–H and O–H groups in total. The van der Waals surface area contributed by atoms with E-state index in [1.807, 2.05) is 0 Å². The van der Waals surface area contributed by atoms with Crippen LogP contribution in [0.25, 0.3) is 11.1 Å². The molecule has 0 aliphatic carbocycles. The summed E-state index contributed by atoms with van der Waals surface area (Å²) >= 11 is 5.88. The minimum absolute atomic E-state index is 0.0432. The SMILES string of the molecule is C[C@H](OC(=O)c1ccc(-c2ccc(O)cc2)cc1)C(=O)Nc1ccc(F)cc1Cl. The summed E-state index contributed by atoms with van der Waals surface area (Å²) in [5.74, 6) is -1.60. The van der Waals surface area contributed by atoms with Gasteiger partial charge in [0.25, 0.3) is 5.91 Å². The molecule has 7 heteroatoms. The third-order valence-electron chi connectivity index (χ3n) is 4.16. The minimum atomic E-state index is -1.08. The number of hydrogen-bond acceptors (Lipinski definition) is 4. The van der Waals surface area contributed by atoms with Gasteiger partial charge in [-0.2, -0.15) is 0 Å². The molecular weight excluding hydrogens is 397 g/mol. The van der Waals surface area contributed by atoms with Gasteiger partial charge < -0.3 is 15.2 Å². The Kier molecular flexibility index (Phi) is 6.14. The standard InChI is InChI=1S/C22H17ClFNO4/c1-13(21(27)25-20-11-8-17(24)12-19(20)23)29-22(28)16-4-2-14(3-5-16)15-6-9-18(26)10-7-15/h2-13,26H,1H3,(H,25,27)/t13-/m0/s1. The lowest BCUT2D eigenvalue weighted by molar-refractivity contribution is -0.123. The van der Waals surface area contributed by atoms with Crippen LogP contribution in [0.15, 0.2) is 66.7 Å². The predicted octanol–water partition coefficient (Wildman–Crippen LogP) is 5.04. The number of ether oxygens (including phenoxy) is 1. The molecule has 0 aliphatic rings. The van der Waals surface area contributed by atoms with E-state index in [0.717, 1.165) is 23.3 Å². The molecule has 0 saturated heterocycles. The third-order valence-corrected chi connectivity index (χ3v) is 4.48. The smallest absolute Gasteiger partial charge is 0.338 e. The van der Waals surface area contributed by atoms with Crippen molar-refractivity contribution in [1.82, 2.24) is 0 Å². The number of benzene rings is 3. The maximum atomic E-state index is 13.1. The molecule has 1 amide bonds. The quantitative estimate of drug-likeness (QED) is 0.575. The van der Waals surface area contributed by atoms with Crippen molar-refractivity contribution >= 4 is 29.2 Å². The fourth-order valence-electron chi connectivity index (χ4n) is 2.56. The number of aromatic hydroxyl groups is 1. The number of phenols is 1. The Morgan fingerprint density at radius 3 is 2.17 bits per heavy atom. The van der Waals surface area contributed by atoms with Crippen molar-refractivity contribution in [3.63, 3.8) is 0 Å². The van der Waals surface area contributed by atoms with E-state index >= 15 is 0 Å². The van der Waals surface area contributed by atoms with Gasteiger partial charge in [0.15, 0.2) is 6.10 Å². The number of halogens is 2. The van der Waals surface area contributed by atoms with E-state index in [1.54, 1.807) is 48.5 Å². The summed E-state index contributed by atoms with van der Waals surface area (Å²) < 4.78 is 18.3. The number of carbonyl (C=O) groups is 2. The molecule has 0 saturated carbocycles. The Morgan fingerprint density at radius 1 is 1.00 bits per heavy atom. The van der Waals surface area contributed by atoms with Gasteiger partial charge in [-0.15, -0.1) is 0 Å². The van der Waals surface area contributed by atoms with Crippen molar-refractivity contribution < 1.29 is 23.8 Å². The fraction of sp³-hybridized carbons (Fsp3) is 0.0909. The van der Waals surface area contributed by atoms with E-state index in [-0.39, 0.29) is 22.0 Å². The lowest BCUT2D eigenvalue weighted by Crippen LogP contribution is -2.30. The predicted molar refractivity (Wildman–Crippen MR) is 108 cm³/mol. The van der Waals surface area contributed by atoms with Gasteiger partial charge in [0.1, 0.15) is 11.6 Å². The molecule has 0 aliphatic heterocycles. The van der Waals surface area contributed by atoms with Crippen LogP contribution in [0.5, 0.6) is 5.75 Å². The summed E-state index contributed by atoms with van der Waals surface area (Å²) in [7, 11) is 0. The molecule has 5 nitrogen and oxygen atoms in total. The molecule has 0 heterocycles. The van der Waals surface area contributed by atoms with Crippen molar-refractivity contribution in [1.29, 1.82) is 0 Å². The molecule has 0 spiro atoms. The monoisotopic (exact) mass is 413 g/mol. The van der Waals surface area contributed by atoms with Crippen molar-refractivity contribution in [2.75, 3.05) is 5.32 Å². The number of nitrogens with one attached hydrogen (secondary N) is 1. The zero-order chi connectivity index (χ0) is 21.0. The molecule has 0 aromatic heterocycles. The highest BCUT2D eigenvalue weighted by Crippen LogP contribution is 2.24. The molecule has 3 aromatic carbocycles. The molecule has 0 radical (unpaired) electrons. The van der Waals surface area contributed by atoms with E-state index < -0.39 is 23.8 Å². The molecule has 0 bridgehead atoms. The first-order valence-electron chi connectivity index (χ1n) is 8.70. The number of carbonyl (C=O) groups excluding carboxylic acids is 2. The van der Waals surface area contributed by atoms with Crippen LogP contribution >= 0.6 is 11.6 Å². The average Bonchev–Trinajstić information content (AvgIpc) is 2.70. The van der Waals surface area contributed by atoms with Crippen LogP contribution in [0.2, 0.25) is 5.02 Å². The molecule has 0 fully saturated rings. The van der Waals surface area contributed by atoms with Crippen LogP contribution in [-0.2, 0) is 9.53 Å². The largest absolute Gasteiger partial charge is 0.508 e. The average molecular weight is 414 g/mol. The Hall–Kier alpha value is -3.38. The molecule has 148 valence electrons. The Morgan fingerprint density at radius 2 is 1.59 bits per heavy atom. The van der Waals surface area contributed by atoms with E-state index in [9.17, 15) is 19.1 Å². The second-order valence-corrected chi connectivity index (χ2v) is 6.69. The van der Waals surface area contributed by atoms with E-state index in [1.165, 1.54) is 13.0 Å². The van der Waals surface area contributed by atoms with Gasteiger partial charge in [-0.25, -0.2) is 9.18 Å². The lowest BCUT2D eigenvalue weighted by atomic mass is 10.0. The highest BCUT2D eigenvalue weighted by molar-refractivity contribution is 6.33. The van der Waals surface area contributed by atoms with Crippen molar-refractivity contribution in [2.45, 2.75) is 13.0 Å². The van der Waals surface area contributed by atoms with Gasteiger partial charge in [-0.1, -0.05) is 35.9 Å². The maximum absolute atomic E-state index is 13.1. The highest BCUT2D eigenvalue weighted by Gasteiger charge is 2.20. The van der Waals surface area contributed by atoms with E-state index in [2.05, 4.69) is 5.32 Å². The molecule has 3 aromatic rings. The van der Waals surface area contributed by atoms with Gasteiger partial charge in [0.2, 0.25) is 0 Å². The Balaban J connectivity index is 1.62. The molecular formula is C22H17ClFNO4. The fourth-order valence-corrected chi connectivity index (χ4v) is 2.77. The zero-order valence-electron chi connectivity index (χ0n) is 15.4. The van der Waals surface area contributed by atoms with Gasteiger partial charge in [-0.3, -0.25) is 4.79 Å². The summed E-state index contributed by atoms with van der Waals surface area (Å²) in [6, 6.07) is 16.9. The van der Waals surface area contributed by atoms with Crippen LogP contribution in [0.3, 0.4) is 0 Å². The first-order chi connectivity index (χ1) is 13.8. The van der Waals surface area contributed by atoms with E-state index in [0.29, 0.717) is 0 Å². The zero-order valence-corrected chi connectivity index (χ0v) is 16.1. The number of esters is 1. The number of hydrogen-bond donors (Lipinski definition) is 2. The molecule has 0 unspecified atom stereocenters. The normalized spacial score (nSPS) is 11.6. The minimum Gasteiger partial charge on any atom is -0.508 e. The molecule has 1 atom stereocenters. The third kappa shape index (κ3) is 5.12. The molecule has 3 rings (SSSR count). The van der Waals surface area contributed by atoms with Gasteiger partial charge in [-0.05, 0) is 60.5 Å². The second kappa shape index (κ2) is 8.75. The van der Waals surface area contributed by atoms with Gasteiger partial charge in [0.05, 0.1) is 16.3 Å². The summed E-state index contributed by atoms with van der Waals surface area (Å²) in [6.07, 6.45) is -1.08. The van der Waals surface area contributed by atoms with Crippen molar-refractivity contribution in [3.05, 3.63) is 83.1 Å². The van der Waals surface area contributed by atoms with Crippen LogP contribution in [-0.4, -0.2) is 23.1 Å². The second-order valence-electron chi connectivity index (χ2n) is 6.29. The van der Waals surface area contributed by atoms with E-state index in [4.69, 9.17) is 16.3 Å². The lowest BCUT2D eigenvalue weighted by Gasteiger charge is -2.14. The van der Waals surface area contributed by atoms with Gasteiger partial charge in [0, 0.05) is 0 Å². The topological polar surface area (TPSA) is 75.6 Å². The summed E-state index contributed by atoms with van der Waals surface area (Å²) in [6.45, 7) is 1.43. The van der Waals surface area contributed by atoms with Crippen LogP contribution < -0.4 is 5.32 Å². The molecule has 29 heavy (non-hydrogen) atoms. The van der Waals surface area contributed by atoms with Crippen molar-refractivity contribution in [2.24, 2.45) is 0 Å². The number of phenolic OH excluding ortho intramolecular Hbond substituents is 1. The maximum Gasteiger partial charge on any atom is 0.338 e. The van der Waals surface area contributed by atoms with Crippen LogP contribution in [0.4, 0.5) is 10.1 Å². The first-order valence-corrected chi connectivity index (χ1v) is 9.07. The van der Waals surface area contributed by atoms with Crippen LogP contribution in [0, 0.1) is 5.82 Å². The number of rotatable bonds is 5. The Labute approximate surface area is 171 Å². The number of amides is 1. The Bertz CT molecular complexity index is 1040. The van der Waals surface area contributed by atoms with Gasteiger partial charge >= 0.3 is 5.97 Å². The summed E-state index contributed by atoms with van der Waals surface area (Å²) in [5.41, 5.74) is 2.25.